The summed E-state index contributed by atoms with van der Waals surface area (Å²) in [6, 6.07) is 6.80. The van der Waals surface area contributed by atoms with Crippen molar-refractivity contribution in [1.82, 2.24) is 4.31 Å². The van der Waals surface area contributed by atoms with E-state index in [9.17, 15) is 13.7 Å². The predicted molar refractivity (Wildman–Crippen MR) is 85.8 cm³/mol. The molecular weight excluding hydrogens is 310 g/mol. The minimum absolute atomic E-state index is 0. The zero-order valence-corrected chi connectivity index (χ0v) is 14.4. The van der Waals surface area contributed by atoms with Gasteiger partial charge in [-0.3, -0.25) is 0 Å². The summed E-state index contributed by atoms with van der Waals surface area (Å²) in [4.78, 5) is 0.0512. The molecule has 21 heavy (non-hydrogen) atoms. The van der Waals surface area contributed by atoms with Crippen molar-refractivity contribution in [2.45, 2.75) is 25.7 Å². The third-order valence-corrected chi connectivity index (χ3v) is 5.08. The van der Waals surface area contributed by atoms with Crippen LogP contribution in [0.1, 0.15) is 25.0 Å². The van der Waals surface area contributed by atoms with Crippen LogP contribution in [0.25, 0.3) is 0 Å². The van der Waals surface area contributed by atoms with E-state index in [-0.39, 0.29) is 28.3 Å². The molecule has 7 heteroatoms. The van der Waals surface area contributed by atoms with Gasteiger partial charge in [0.05, 0.1) is 5.56 Å². The van der Waals surface area contributed by atoms with E-state index in [1.165, 1.54) is 17.4 Å². The minimum Gasteiger partial charge on any atom is -0.330 e. The van der Waals surface area contributed by atoms with Crippen molar-refractivity contribution < 1.29 is 8.42 Å². The summed E-state index contributed by atoms with van der Waals surface area (Å²) in [6.45, 7) is 6.21. The molecule has 0 bridgehead atoms. The summed E-state index contributed by atoms with van der Waals surface area (Å²) in [5.41, 5.74) is 6.17. The standard InChI is InChI=1S/C14H21N3O2S.ClH/c1-11-6-5-7-13(12(11)8-15)20(18,19)17(4)10-14(2,3)9-16;/h5-7H,9-10,16H2,1-4H3;1H. The Morgan fingerprint density at radius 2 is 1.95 bits per heavy atom. The first kappa shape index (κ1) is 19.9. The third-order valence-electron chi connectivity index (χ3n) is 3.24. The van der Waals surface area contributed by atoms with Gasteiger partial charge in [0.15, 0.2) is 0 Å². The second-order valence-electron chi connectivity index (χ2n) is 5.69. The number of rotatable bonds is 5. The number of nitrogens with two attached hydrogens (primary N) is 1. The Balaban J connectivity index is 0.00000400. The number of nitrogens with zero attached hydrogens (tertiary/aromatic N) is 2. The van der Waals surface area contributed by atoms with Gasteiger partial charge in [-0.15, -0.1) is 12.4 Å². The molecule has 0 spiro atoms. The molecule has 0 aliphatic rings. The van der Waals surface area contributed by atoms with Gasteiger partial charge in [0, 0.05) is 13.6 Å². The van der Waals surface area contributed by atoms with Crippen molar-refractivity contribution in [3.8, 4) is 6.07 Å². The van der Waals surface area contributed by atoms with Crippen LogP contribution in [-0.2, 0) is 10.0 Å². The molecule has 2 N–H and O–H groups in total. The molecule has 0 heterocycles. The van der Waals surface area contributed by atoms with Gasteiger partial charge in [-0.2, -0.15) is 5.26 Å². The molecule has 5 nitrogen and oxygen atoms in total. The first-order valence-electron chi connectivity index (χ1n) is 6.32. The first-order valence-corrected chi connectivity index (χ1v) is 7.76. The van der Waals surface area contributed by atoms with Gasteiger partial charge >= 0.3 is 0 Å². The van der Waals surface area contributed by atoms with Crippen molar-refractivity contribution in [3.63, 3.8) is 0 Å². The minimum atomic E-state index is -3.69. The molecule has 118 valence electrons. The molecule has 1 aromatic carbocycles. The fraction of sp³-hybridized carbons (Fsp3) is 0.500. The number of benzene rings is 1. The second-order valence-corrected chi connectivity index (χ2v) is 7.70. The van der Waals surface area contributed by atoms with Gasteiger partial charge in [-0.05, 0) is 30.5 Å². The fourth-order valence-corrected chi connectivity index (χ4v) is 3.49. The van der Waals surface area contributed by atoms with Crippen LogP contribution in [0.3, 0.4) is 0 Å². The van der Waals surface area contributed by atoms with Crippen molar-refractivity contribution in [1.29, 1.82) is 5.26 Å². The van der Waals surface area contributed by atoms with Gasteiger partial charge in [0.25, 0.3) is 0 Å². The highest BCUT2D eigenvalue weighted by Gasteiger charge is 2.29. The van der Waals surface area contributed by atoms with Crippen LogP contribution in [0.2, 0.25) is 0 Å². The monoisotopic (exact) mass is 331 g/mol. The molecule has 0 radical (unpaired) electrons. The molecule has 1 aromatic rings. The Morgan fingerprint density at radius 1 is 1.38 bits per heavy atom. The molecule has 1 rings (SSSR count). The van der Waals surface area contributed by atoms with E-state index in [4.69, 9.17) is 5.73 Å². The molecule has 0 aliphatic carbocycles. The maximum atomic E-state index is 12.6. The zero-order chi connectivity index (χ0) is 15.6. The number of halogens is 1. The average molecular weight is 332 g/mol. The lowest BCUT2D eigenvalue weighted by Gasteiger charge is -2.28. The quantitative estimate of drug-likeness (QED) is 0.892. The van der Waals surface area contributed by atoms with Crippen molar-refractivity contribution >= 4 is 22.4 Å². The van der Waals surface area contributed by atoms with Gasteiger partial charge in [-0.25, -0.2) is 12.7 Å². The zero-order valence-electron chi connectivity index (χ0n) is 12.8. The summed E-state index contributed by atoms with van der Waals surface area (Å²) < 4.78 is 26.4. The van der Waals surface area contributed by atoms with E-state index < -0.39 is 10.0 Å². The highest BCUT2D eigenvalue weighted by atomic mass is 35.5. The van der Waals surface area contributed by atoms with E-state index in [2.05, 4.69) is 0 Å². The van der Waals surface area contributed by atoms with Gasteiger partial charge < -0.3 is 5.73 Å². The van der Waals surface area contributed by atoms with Crippen LogP contribution in [-0.4, -0.2) is 32.9 Å². The Bertz CT molecular complexity index is 636. The largest absolute Gasteiger partial charge is 0.330 e. The predicted octanol–water partition coefficient (Wildman–Crippen LogP) is 1.89. The normalized spacial score (nSPS) is 11.9. The molecule has 0 saturated heterocycles. The van der Waals surface area contributed by atoms with Gasteiger partial charge in [0.2, 0.25) is 10.0 Å². The first-order chi connectivity index (χ1) is 9.15. The van der Waals surface area contributed by atoms with Crippen LogP contribution < -0.4 is 5.73 Å². The van der Waals surface area contributed by atoms with Crippen molar-refractivity contribution in [2.75, 3.05) is 20.1 Å². The van der Waals surface area contributed by atoms with E-state index in [0.717, 1.165) is 0 Å². The third kappa shape index (κ3) is 4.42. The highest BCUT2D eigenvalue weighted by Crippen LogP contribution is 2.24. The van der Waals surface area contributed by atoms with E-state index in [1.54, 1.807) is 19.1 Å². The molecule has 0 atom stereocenters. The molecular formula is C14H22ClN3O2S. The summed E-state index contributed by atoms with van der Waals surface area (Å²) >= 11 is 0. The van der Waals surface area contributed by atoms with E-state index in [0.29, 0.717) is 18.7 Å². The number of hydrogen-bond acceptors (Lipinski definition) is 4. The molecule has 0 saturated carbocycles. The summed E-state index contributed by atoms with van der Waals surface area (Å²) in [6.07, 6.45) is 0. The van der Waals surface area contributed by atoms with Crippen LogP contribution >= 0.6 is 12.4 Å². The SMILES string of the molecule is Cc1cccc(S(=O)(=O)N(C)CC(C)(C)CN)c1C#N.Cl. The van der Waals surface area contributed by atoms with Crippen LogP contribution in [0.15, 0.2) is 23.1 Å². The number of sulfonamides is 1. The lowest BCUT2D eigenvalue weighted by atomic mass is 9.94. The highest BCUT2D eigenvalue weighted by molar-refractivity contribution is 7.89. The average Bonchev–Trinajstić information content (AvgIpc) is 2.37. The summed E-state index contributed by atoms with van der Waals surface area (Å²) in [5, 5.41) is 9.17. The summed E-state index contributed by atoms with van der Waals surface area (Å²) in [5.74, 6) is 0. The number of hydrogen-bond donors (Lipinski definition) is 1. The smallest absolute Gasteiger partial charge is 0.244 e. The topological polar surface area (TPSA) is 87.2 Å². The number of nitriles is 1. The molecule has 0 fully saturated rings. The molecule has 0 unspecified atom stereocenters. The summed E-state index contributed by atoms with van der Waals surface area (Å²) in [7, 11) is -2.18. The Labute approximate surface area is 133 Å². The van der Waals surface area contributed by atoms with Crippen LogP contribution in [0.4, 0.5) is 0 Å². The second kappa shape index (κ2) is 7.23. The lowest BCUT2D eigenvalue weighted by molar-refractivity contribution is 0.292. The lowest BCUT2D eigenvalue weighted by Crippen LogP contribution is -2.40. The maximum absolute atomic E-state index is 12.6. The Morgan fingerprint density at radius 3 is 2.43 bits per heavy atom. The van der Waals surface area contributed by atoms with E-state index >= 15 is 0 Å². The fourth-order valence-electron chi connectivity index (χ4n) is 1.92. The number of aryl methyl sites for hydroxylation is 1. The molecule has 0 aliphatic heterocycles. The van der Waals surface area contributed by atoms with Crippen LogP contribution in [0.5, 0.6) is 0 Å². The van der Waals surface area contributed by atoms with Crippen molar-refractivity contribution in [2.24, 2.45) is 11.1 Å². The molecule has 0 aromatic heterocycles. The Kier molecular flexibility index (Phi) is 6.84. The van der Waals surface area contributed by atoms with Crippen LogP contribution in [0, 0.1) is 23.7 Å². The van der Waals surface area contributed by atoms with Gasteiger partial charge in [-0.1, -0.05) is 26.0 Å². The van der Waals surface area contributed by atoms with Crippen molar-refractivity contribution in [3.05, 3.63) is 29.3 Å². The maximum Gasteiger partial charge on any atom is 0.244 e. The van der Waals surface area contributed by atoms with Gasteiger partial charge in [0.1, 0.15) is 11.0 Å². The Hall–Kier alpha value is -1.13. The molecule has 0 amide bonds. The van der Waals surface area contributed by atoms with E-state index in [1.807, 2.05) is 19.9 Å².